The van der Waals surface area contributed by atoms with E-state index in [1.807, 2.05) is 39.0 Å². The van der Waals surface area contributed by atoms with Crippen LogP contribution in [0.1, 0.15) is 46.1 Å². The molecule has 2 aromatic rings. The Kier molecular flexibility index (Phi) is 4.80. The minimum atomic E-state index is -0.716. The number of benzene rings is 1. The van der Waals surface area contributed by atoms with Gasteiger partial charge >= 0.3 is 11.8 Å². The van der Waals surface area contributed by atoms with Gasteiger partial charge in [0.05, 0.1) is 22.8 Å². The normalized spacial score (nSPS) is 25.2. The summed E-state index contributed by atoms with van der Waals surface area (Å²) in [5.74, 6) is -0.757. The van der Waals surface area contributed by atoms with Gasteiger partial charge in [0.15, 0.2) is 0 Å². The fourth-order valence-electron chi connectivity index (χ4n) is 5.39. The number of imidazole rings is 1. The molecule has 5 rings (SSSR count). The average Bonchev–Trinajstić information content (AvgIpc) is 3.40. The molecule has 33 heavy (non-hydrogen) atoms. The highest BCUT2D eigenvalue weighted by atomic mass is 16.6. The van der Waals surface area contributed by atoms with Crippen LogP contribution in [0.4, 0.5) is 10.5 Å². The van der Waals surface area contributed by atoms with Crippen molar-refractivity contribution in [2.24, 2.45) is 7.05 Å². The monoisotopic (exact) mass is 455 g/mol. The van der Waals surface area contributed by atoms with Crippen molar-refractivity contribution in [1.29, 1.82) is 0 Å². The van der Waals surface area contributed by atoms with Gasteiger partial charge < -0.3 is 14.5 Å². The predicted molar refractivity (Wildman–Crippen MR) is 121 cm³/mol. The van der Waals surface area contributed by atoms with E-state index in [2.05, 4.69) is 10.2 Å². The Hall–Kier alpha value is -3.30. The van der Waals surface area contributed by atoms with Crippen LogP contribution in [-0.4, -0.2) is 62.7 Å². The van der Waals surface area contributed by atoms with Gasteiger partial charge in [0.25, 0.3) is 0 Å². The van der Waals surface area contributed by atoms with Gasteiger partial charge in [0.2, 0.25) is 11.8 Å². The van der Waals surface area contributed by atoms with Gasteiger partial charge in [-0.15, -0.1) is 0 Å². The van der Waals surface area contributed by atoms with E-state index in [9.17, 15) is 19.2 Å². The van der Waals surface area contributed by atoms with Crippen molar-refractivity contribution in [2.75, 3.05) is 18.0 Å². The molecule has 3 aliphatic rings. The number of ether oxygens (including phenoxy) is 1. The fraction of sp³-hybridized carbons (Fsp3) is 0.565. The molecule has 2 bridgehead atoms. The highest BCUT2D eigenvalue weighted by Crippen LogP contribution is 2.38. The second kappa shape index (κ2) is 7.36. The first-order chi connectivity index (χ1) is 15.5. The number of piperazine rings is 1. The number of nitrogens with zero attached hydrogens (tertiary/aromatic N) is 4. The number of nitrogens with one attached hydrogen (secondary N) is 1. The molecule has 1 aromatic heterocycles. The first-order valence-electron chi connectivity index (χ1n) is 11.3. The number of piperidine rings is 1. The highest BCUT2D eigenvalue weighted by Gasteiger charge is 2.47. The van der Waals surface area contributed by atoms with E-state index in [0.717, 1.165) is 17.6 Å². The number of imide groups is 1. The van der Waals surface area contributed by atoms with Crippen LogP contribution in [0.15, 0.2) is 23.0 Å². The van der Waals surface area contributed by atoms with Crippen LogP contribution in [0.3, 0.4) is 0 Å². The molecule has 0 spiro atoms. The summed E-state index contributed by atoms with van der Waals surface area (Å²) in [5, 5.41) is 2.35. The summed E-state index contributed by atoms with van der Waals surface area (Å²) in [6, 6.07) is 5.17. The lowest BCUT2D eigenvalue weighted by Crippen LogP contribution is -2.50. The van der Waals surface area contributed by atoms with E-state index in [0.29, 0.717) is 25.0 Å². The molecule has 0 aliphatic carbocycles. The van der Waals surface area contributed by atoms with Gasteiger partial charge in [-0.05, 0) is 45.7 Å². The Balaban J connectivity index is 1.47. The van der Waals surface area contributed by atoms with E-state index < -0.39 is 17.6 Å². The Morgan fingerprint density at radius 1 is 1.12 bits per heavy atom. The van der Waals surface area contributed by atoms with E-state index in [4.69, 9.17) is 4.74 Å². The third-order valence-corrected chi connectivity index (χ3v) is 6.78. The van der Waals surface area contributed by atoms with Crippen molar-refractivity contribution in [2.45, 2.75) is 63.8 Å². The van der Waals surface area contributed by atoms with Crippen LogP contribution in [-0.2, 0) is 21.4 Å². The molecule has 10 nitrogen and oxygen atoms in total. The van der Waals surface area contributed by atoms with Gasteiger partial charge in [-0.3, -0.25) is 24.0 Å². The number of carbonyl (C=O) groups excluding carboxylic acids is 3. The number of aromatic nitrogens is 2. The van der Waals surface area contributed by atoms with Gasteiger partial charge in [-0.2, -0.15) is 0 Å². The van der Waals surface area contributed by atoms with Gasteiger partial charge in [0, 0.05) is 32.6 Å². The zero-order valence-electron chi connectivity index (χ0n) is 19.3. The van der Waals surface area contributed by atoms with Crippen molar-refractivity contribution >= 4 is 34.6 Å². The molecule has 3 saturated heterocycles. The smallest absolute Gasteiger partial charge is 0.410 e. The molecule has 3 aliphatic heterocycles. The number of anilines is 1. The molecule has 10 heteroatoms. The minimum absolute atomic E-state index is 0.0503. The van der Waals surface area contributed by atoms with E-state index in [1.54, 1.807) is 16.5 Å². The number of carbonyl (C=O) groups is 3. The third kappa shape index (κ3) is 3.48. The molecule has 1 unspecified atom stereocenters. The Morgan fingerprint density at radius 3 is 2.52 bits per heavy atom. The molecular weight excluding hydrogens is 426 g/mol. The molecule has 0 radical (unpaired) electrons. The van der Waals surface area contributed by atoms with Gasteiger partial charge in [0.1, 0.15) is 11.6 Å². The minimum Gasteiger partial charge on any atom is -0.444 e. The number of hydrogen-bond acceptors (Lipinski definition) is 6. The average molecular weight is 456 g/mol. The predicted octanol–water partition coefficient (Wildman–Crippen LogP) is 1.52. The van der Waals surface area contributed by atoms with Crippen molar-refractivity contribution in [3.8, 4) is 0 Å². The molecular formula is C23H29N5O5. The fourth-order valence-corrected chi connectivity index (χ4v) is 5.39. The molecule has 1 aromatic carbocycles. The van der Waals surface area contributed by atoms with Gasteiger partial charge in [-0.1, -0.05) is 6.07 Å². The summed E-state index contributed by atoms with van der Waals surface area (Å²) in [6.45, 7) is 6.80. The number of hydrogen-bond donors (Lipinski definition) is 1. The summed E-state index contributed by atoms with van der Waals surface area (Å²) >= 11 is 0. The topological polar surface area (TPSA) is 106 Å². The molecule has 4 heterocycles. The maximum Gasteiger partial charge on any atom is 0.410 e. The lowest BCUT2D eigenvalue weighted by atomic mass is 10.1. The molecule has 3 fully saturated rings. The van der Waals surface area contributed by atoms with Gasteiger partial charge in [-0.25, -0.2) is 9.59 Å². The lowest BCUT2D eigenvalue weighted by molar-refractivity contribution is -0.135. The number of para-hydroxylation sites is 1. The van der Waals surface area contributed by atoms with E-state index in [1.165, 1.54) is 4.57 Å². The number of likely N-dealkylation sites (tertiary alicyclic amines) is 1. The van der Waals surface area contributed by atoms with Crippen molar-refractivity contribution < 1.29 is 19.1 Å². The van der Waals surface area contributed by atoms with Crippen LogP contribution < -0.4 is 15.9 Å². The standard InChI is InChI=1S/C23H29N5O5/c1-23(2,3)33-22(32)27-12-13-10-14(27)11-26(13)15-6-5-7-16-19(15)25(4)21(31)28(16)17-8-9-18(29)24-20(17)30/h5-7,13-14,17H,8-12H2,1-4H3,(H,24,29,30)/t13-,14-,17?/m0/s1. The first kappa shape index (κ1) is 21.5. The quantitative estimate of drug-likeness (QED) is 0.689. The van der Waals surface area contributed by atoms with E-state index >= 15 is 0 Å². The second-order valence-corrected chi connectivity index (χ2v) is 10.2. The maximum atomic E-state index is 13.2. The molecule has 3 amide bonds. The Labute approximate surface area is 191 Å². The lowest BCUT2D eigenvalue weighted by Gasteiger charge is -2.36. The summed E-state index contributed by atoms with van der Waals surface area (Å²) < 4.78 is 8.64. The van der Waals surface area contributed by atoms with Crippen LogP contribution in [0.5, 0.6) is 0 Å². The van der Waals surface area contributed by atoms with Crippen molar-refractivity contribution in [3.63, 3.8) is 0 Å². The number of rotatable bonds is 2. The van der Waals surface area contributed by atoms with E-state index in [-0.39, 0.29) is 36.2 Å². The SMILES string of the molecule is Cn1c(=O)n(C2CCC(=O)NC2=O)c2cccc(N3C[C@@H]4C[C@H]3CN4C(=O)OC(C)(C)C)c21. The summed E-state index contributed by atoms with van der Waals surface area (Å²) in [5.41, 5.74) is 1.51. The largest absolute Gasteiger partial charge is 0.444 e. The summed E-state index contributed by atoms with van der Waals surface area (Å²) in [7, 11) is 1.71. The zero-order valence-corrected chi connectivity index (χ0v) is 19.3. The molecule has 1 N–H and O–H groups in total. The molecule has 0 saturated carbocycles. The van der Waals surface area contributed by atoms with Crippen LogP contribution in [0, 0.1) is 0 Å². The maximum absolute atomic E-state index is 13.2. The van der Waals surface area contributed by atoms with Crippen LogP contribution in [0.2, 0.25) is 0 Å². The van der Waals surface area contributed by atoms with Crippen LogP contribution >= 0.6 is 0 Å². The summed E-state index contributed by atoms with van der Waals surface area (Å²) in [6.07, 6.45) is 1.06. The first-order valence-corrected chi connectivity index (χ1v) is 11.3. The van der Waals surface area contributed by atoms with Crippen molar-refractivity contribution in [3.05, 3.63) is 28.7 Å². The number of fused-ring (bicyclic) bond motifs is 3. The molecule has 176 valence electrons. The summed E-state index contributed by atoms with van der Waals surface area (Å²) in [4.78, 5) is 53.9. The Morgan fingerprint density at radius 2 is 1.88 bits per heavy atom. The zero-order chi connectivity index (χ0) is 23.7. The highest BCUT2D eigenvalue weighted by molar-refractivity contribution is 6.00. The number of aryl methyl sites for hydroxylation is 1. The third-order valence-electron chi connectivity index (χ3n) is 6.78. The van der Waals surface area contributed by atoms with Crippen LogP contribution in [0.25, 0.3) is 11.0 Å². The Bertz CT molecular complexity index is 1220. The van der Waals surface area contributed by atoms with Crippen molar-refractivity contribution in [1.82, 2.24) is 19.4 Å². The molecule has 3 atom stereocenters. The number of amides is 3. The second-order valence-electron chi connectivity index (χ2n) is 10.2.